The molecule has 0 spiro atoms. The van der Waals surface area contributed by atoms with Crippen molar-refractivity contribution in [1.82, 2.24) is 4.31 Å². The Kier molecular flexibility index (Phi) is 6.18. The van der Waals surface area contributed by atoms with E-state index in [0.29, 0.717) is 30.6 Å². The summed E-state index contributed by atoms with van der Waals surface area (Å²) in [6, 6.07) is 5.78. The van der Waals surface area contributed by atoms with E-state index < -0.39 is 21.9 Å². The molecule has 1 amide bonds. The van der Waals surface area contributed by atoms with Crippen molar-refractivity contribution >= 4 is 27.6 Å². The quantitative estimate of drug-likeness (QED) is 0.647. The zero-order valence-electron chi connectivity index (χ0n) is 14.7. The number of carbonyl (C=O) groups is 2. The maximum Gasteiger partial charge on any atom is 0.397 e. The minimum absolute atomic E-state index is 0.107. The van der Waals surface area contributed by atoms with E-state index in [1.54, 1.807) is 6.92 Å². The normalized spacial score (nSPS) is 21.6. The maximum absolute atomic E-state index is 12.8. The predicted octanol–water partition coefficient (Wildman–Crippen LogP) is 1.85. The first-order valence-corrected chi connectivity index (χ1v) is 9.76. The highest BCUT2D eigenvalue weighted by atomic mass is 32.2. The first-order valence-electron chi connectivity index (χ1n) is 8.32. The van der Waals surface area contributed by atoms with Gasteiger partial charge >= 0.3 is 11.9 Å². The van der Waals surface area contributed by atoms with Crippen LogP contribution in [-0.2, 0) is 24.3 Å². The highest BCUT2D eigenvalue weighted by Gasteiger charge is 2.31. The van der Waals surface area contributed by atoms with Crippen LogP contribution in [0.3, 0.4) is 0 Å². The number of hydrogen-bond acceptors (Lipinski definition) is 5. The summed E-state index contributed by atoms with van der Waals surface area (Å²) in [5.74, 6) is -1.23. The van der Waals surface area contributed by atoms with Crippen molar-refractivity contribution in [3.8, 4) is 0 Å². The molecule has 1 aliphatic heterocycles. The van der Waals surface area contributed by atoms with Crippen molar-refractivity contribution in [1.29, 1.82) is 0 Å². The fraction of sp³-hybridized carbons (Fsp3) is 0.529. The van der Waals surface area contributed by atoms with Gasteiger partial charge in [0, 0.05) is 18.8 Å². The SMILES string of the molecule is CCOC(=O)C(=O)Nc1ccc(S(=O)(=O)N2CC(C)CC(C)C2)cc1. The van der Waals surface area contributed by atoms with Gasteiger partial charge < -0.3 is 10.1 Å². The monoisotopic (exact) mass is 368 g/mol. The zero-order valence-corrected chi connectivity index (χ0v) is 15.5. The molecule has 0 bridgehead atoms. The van der Waals surface area contributed by atoms with Crippen molar-refractivity contribution in [2.24, 2.45) is 11.8 Å². The van der Waals surface area contributed by atoms with Crippen molar-refractivity contribution in [2.45, 2.75) is 32.1 Å². The number of ether oxygens (including phenoxy) is 1. The highest BCUT2D eigenvalue weighted by Crippen LogP contribution is 2.27. The smallest absolute Gasteiger partial charge is 0.397 e. The van der Waals surface area contributed by atoms with Gasteiger partial charge in [0.25, 0.3) is 0 Å². The number of sulfonamides is 1. The van der Waals surface area contributed by atoms with Crippen LogP contribution in [0.5, 0.6) is 0 Å². The minimum atomic E-state index is -3.57. The Labute approximate surface area is 148 Å². The van der Waals surface area contributed by atoms with Crippen LogP contribution in [0.15, 0.2) is 29.2 Å². The Bertz CT molecular complexity index is 720. The number of nitrogens with zero attached hydrogens (tertiary/aromatic N) is 1. The summed E-state index contributed by atoms with van der Waals surface area (Å²) in [7, 11) is -3.57. The molecule has 1 aromatic rings. The summed E-state index contributed by atoms with van der Waals surface area (Å²) in [5, 5.41) is 2.38. The van der Waals surface area contributed by atoms with Crippen LogP contribution in [0.25, 0.3) is 0 Å². The minimum Gasteiger partial charge on any atom is -0.459 e. The second kappa shape index (κ2) is 7.97. The molecule has 1 aliphatic rings. The van der Waals surface area contributed by atoms with Crippen LogP contribution in [0.4, 0.5) is 5.69 Å². The number of piperidine rings is 1. The largest absolute Gasteiger partial charge is 0.459 e. The van der Waals surface area contributed by atoms with Gasteiger partial charge in [0.05, 0.1) is 11.5 Å². The third kappa shape index (κ3) is 4.79. The van der Waals surface area contributed by atoms with Gasteiger partial charge in [-0.15, -0.1) is 0 Å². The molecule has 7 nitrogen and oxygen atoms in total. The van der Waals surface area contributed by atoms with E-state index in [4.69, 9.17) is 0 Å². The van der Waals surface area contributed by atoms with Crippen molar-refractivity contribution in [3.05, 3.63) is 24.3 Å². The molecule has 1 heterocycles. The van der Waals surface area contributed by atoms with Gasteiger partial charge in [-0.2, -0.15) is 4.31 Å². The van der Waals surface area contributed by atoms with Crippen LogP contribution in [0.2, 0.25) is 0 Å². The number of carbonyl (C=O) groups excluding carboxylic acids is 2. The third-order valence-electron chi connectivity index (χ3n) is 4.05. The Morgan fingerprint density at radius 1 is 1.16 bits per heavy atom. The molecule has 0 saturated carbocycles. The average molecular weight is 368 g/mol. The van der Waals surface area contributed by atoms with E-state index in [1.807, 2.05) is 13.8 Å². The van der Waals surface area contributed by atoms with E-state index in [0.717, 1.165) is 6.42 Å². The summed E-state index contributed by atoms with van der Waals surface area (Å²) < 4.78 is 31.7. The number of hydrogen-bond donors (Lipinski definition) is 1. The third-order valence-corrected chi connectivity index (χ3v) is 5.89. The molecule has 0 aliphatic carbocycles. The molecule has 8 heteroatoms. The van der Waals surface area contributed by atoms with Gasteiger partial charge in [-0.3, -0.25) is 4.79 Å². The van der Waals surface area contributed by atoms with Crippen LogP contribution in [-0.4, -0.2) is 44.3 Å². The van der Waals surface area contributed by atoms with E-state index in [-0.39, 0.29) is 11.5 Å². The highest BCUT2D eigenvalue weighted by molar-refractivity contribution is 7.89. The van der Waals surface area contributed by atoms with E-state index in [1.165, 1.54) is 28.6 Å². The fourth-order valence-electron chi connectivity index (χ4n) is 3.04. The van der Waals surface area contributed by atoms with Crippen LogP contribution >= 0.6 is 0 Å². The topological polar surface area (TPSA) is 92.8 Å². The molecule has 2 rings (SSSR count). The molecule has 0 radical (unpaired) electrons. The van der Waals surface area contributed by atoms with Gasteiger partial charge in [-0.05, 0) is 49.4 Å². The Morgan fingerprint density at radius 3 is 2.24 bits per heavy atom. The average Bonchev–Trinajstić information content (AvgIpc) is 2.54. The van der Waals surface area contributed by atoms with Gasteiger partial charge in [0.2, 0.25) is 10.0 Å². The first-order chi connectivity index (χ1) is 11.7. The summed E-state index contributed by atoms with van der Waals surface area (Å²) in [6.45, 7) is 6.82. The Balaban J connectivity index is 2.10. The number of anilines is 1. The van der Waals surface area contributed by atoms with Crippen LogP contribution < -0.4 is 5.32 Å². The van der Waals surface area contributed by atoms with Gasteiger partial charge in [-0.25, -0.2) is 13.2 Å². The van der Waals surface area contributed by atoms with E-state index in [9.17, 15) is 18.0 Å². The summed E-state index contributed by atoms with van der Waals surface area (Å²) >= 11 is 0. The van der Waals surface area contributed by atoms with Crippen molar-refractivity contribution in [2.75, 3.05) is 25.0 Å². The molecule has 25 heavy (non-hydrogen) atoms. The number of amides is 1. The molecule has 138 valence electrons. The lowest BCUT2D eigenvalue weighted by molar-refractivity contribution is -0.152. The Morgan fingerprint density at radius 2 is 1.72 bits per heavy atom. The number of nitrogens with one attached hydrogen (secondary N) is 1. The van der Waals surface area contributed by atoms with Crippen molar-refractivity contribution < 1.29 is 22.7 Å². The standard InChI is InChI=1S/C17H24N2O5S/c1-4-24-17(21)16(20)18-14-5-7-15(8-6-14)25(22,23)19-10-12(2)9-13(3)11-19/h5-8,12-13H,4,9-11H2,1-3H3,(H,18,20). The van der Waals surface area contributed by atoms with E-state index in [2.05, 4.69) is 10.1 Å². The zero-order chi connectivity index (χ0) is 18.6. The summed E-state index contributed by atoms with van der Waals surface area (Å²) in [5.41, 5.74) is 0.331. The van der Waals surface area contributed by atoms with Crippen LogP contribution in [0, 0.1) is 11.8 Å². The molecule has 0 aromatic heterocycles. The molecule has 1 saturated heterocycles. The fourth-order valence-corrected chi connectivity index (χ4v) is 4.72. The molecule has 2 unspecified atom stereocenters. The molecule has 1 fully saturated rings. The predicted molar refractivity (Wildman–Crippen MR) is 93.4 cm³/mol. The first kappa shape index (κ1) is 19.4. The molecule has 1 aromatic carbocycles. The summed E-state index contributed by atoms with van der Waals surface area (Å²) in [4.78, 5) is 23.1. The van der Waals surface area contributed by atoms with Crippen molar-refractivity contribution in [3.63, 3.8) is 0 Å². The molecular weight excluding hydrogens is 344 g/mol. The lowest BCUT2D eigenvalue weighted by Gasteiger charge is -2.34. The molecule has 1 N–H and O–H groups in total. The van der Waals surface area contributed by atoms with Crippen LogP contribution in [0.1, 0.15) is 27.2 Å². The second-order valence-electron chi connectivity index (χ2n) is 6.47. The maximum atomic E-state index is 12.8. The van der Waals surface area contributed by atoms with Gasteiger partial charge in [0.1, 0.15) is 0 Å². The van der Waals surface area contributed by atoms with Gasteiger partial charge in [0.15, 0.2) is 0 Å². The lowest BCUT2D eigenvalue weighted by Crippen LogP contribution is -2.42. The summed E-state index contributed by atoms with van der Waals surface area (Å²) in [6.07, 6.45) is 1.02. The number of benzene rings is 1. The van der Waals surface area contributed by atoms with Gasteiger partial charge in [-0.1, -0.05) is 13.8 Å². The molecule has 2 atom stereocenters. The van der Waals surface area contributed by atoms with E-state index >= 15 is 0 Å². The Hall–Kier alpha value is -1.93. The lowest BCUT2D eigenvalue weighted by atomic mass is 9.94. The molecular formula is C17H24N2O5S. The second-order valence-corrected chi connectivity index (χ2v) is 8.40. The number of esters is 1. The number of rotatable bonds is 4.